The van der Waals surface area contributed by atoms with Crippen LogP contribution in [0, 0.1) is 5.82 Å². The molecule has 3 aromatic rings. The summed E-state index contributed by atoms with van der Waals surface area (Å²) < 4.78 is 12.9. The van der Waals surface area contributed by atoms with Gasteiger partial charge in [0.05, 0.1) is 5.69 Å². The van der Waals surface area contributed by atoms with E-state index in [1.54, 1.807) is 24.3 Å². The van der Waals surface area contributed by atoms with Crippen molar-refractivity contribution in [2.24, 2.45) is 0 Å². The number of carbonyl (C=O) groups is 2. The van der Waals surface area contributed by atoms with Crippen LogP contribution >= 0.6 is 23.1 Å². The van der Waals surface area contributed by atoms with Gasteiger partial charge >= 0.3 is 0 Å². The molecule has 0 aliphatic rings. The van der Waals surface area contributed by atoms with Crippen molar-refractivity contribution in [3.8, 4) is 11.3 Å². The highest BCUT2D eigenvalue weighted by Gasteiger charge is 2.09. The van der Waals surface area contributed by atoms with E-state index in [0.717, 1.165) is 21.8 Å². The Morgan fingerprint density at radius 3 is 2.46 bits per heavy atom. The minimum Gasteiger partial charge on any atom is -0.326 e. The Kier molecular flexibility index (Phi) is 6.78. The molecule has 5 nitrogen and oxygen atoms in total. The van der Waals surface area contributed by atoms with Gasteiger partial charge in [0.25, 0.3) is 0 Å². The number of benzene rings is 2. The Morgan fingerprint density at radius 1 is 1.07 bits per heavy atom. The van der Waals surface area contributed by atoms with E-state index in [1.165, 1.54) is 42.2 Å². The molecule has 0 aliphatic heterocycles. The molecular weight excluding hydrogens is 397 g/mol. The number of rotatable bonds is 7. The molecule has 0 aliphatic carbocycles. The maximum absolute atomic E-state index is 12.9. The summed E-state index contributed by atoms with van der Waals surface area (Å²) in [6, 6.07) is 13.5. The summed E-state index contributed by atoms with van der Waals surface area (Å²) in [7, 11) is 0. The number of thioether (sulfide) groups is 1. The SMILES string of the molecule is CC(=O)Nc1ccc(-c2csc(NC(=O)CCSc3ccc(F)cc3)n2)cc1. The molecule has 8 heteroatoms. The van der Waals surface area contributed by atoms with Gasteiger partial charge in [-0.25, -0.2) is 9.37 Å². The lowest BCUT2D eigenvalue weighted by Crippen LogP contribution is -2.11. The van der Waals surface area contributed by atoms with Crippen LogP contribution in [0.15, 0.2) is 58.8 Å². The second-order valence-electron chi connectivity index (χ2n) is 5.90. The minimum absolute atomic E-state index is 0.114. The third kappa shape index (κ3) is 5.90. The van der Waals surface area contributed by atoms with E-state index < -0.39 is 0 Å². The van der Waals surface area contributed by atoms with Crippen molar-refractivity contribution in [3.63, 3.8) is 0 Å². The third-order valence-corrected chi connectivity index (χ3v) is 5.43. The van der Waals surface area contributed by atoms with Crippen LogP contribution in [0.2, 0.25) is 0 Å². The number of carbonyl (C=O) groups excluding carboxylic acids is 2. The maximum atomic E-state index is 12.9. The molecule has 0 saturated heterocycles. The zero-order valence-electron chi connectivity index (χ0n) is 15.1. The summed E-state index contributed by atoms with van der Waals surface area (Å²) in [5, 5.41) is 7.93. The second-order valence-corrected chi connectivity index (χ2v) is 7.92. The molecule has 2 amide bonds. The molecule has 0 radical (unpaired) electrons. The van der Waals surface area contributed by atoms with Crippen molar-refractivity contribution in [1.82, 2.24) is 4.98 Å². The van der Waals surface area contributed by atoms with Crippen LogP contribution in [-0.2, 0) is 9.59 Å². The van der Waals surface area contributed by atoms with E-state index in [2.05, 4.69) is 15.6 Å². The Hall–Kier alpha value is -2.71. The molecule has 1 heterocycles. The number of aromatic nitrogens is 1. The molecule has 2 aromatic carbocycles. The fourth-order valence-electron chi connectivity index (χ4n) is 2.37. The molecule has 0 fully saturated rings. The van der Waals surface area contributed by atoms with Crippen LogP contribution in [0.1, 0.15) is 13.3 Å². The monoisotopic (exact) mass is 415 g/mol. The zero-order valence-corrected chi connectivity index (χ0v) is 16.7. The van der Waals surface area contributed by atoms with E-state index in [4.69, 9.17) is 0 Å². The first kappa shape index (κ1) is 20.0. The van der Waals surface area contributed by atoms with Gasteiger partial charge < -0.3 is 10.6 Å². The average molecular weight is 416 g/mol. The highest BCUT2D eigenvalue weighted by atomic mass is 32.2. The quantitative estimate of drug-likeness (QED) is 0.531. The van der Waals surface area contributed by atoms with Crippen molar-refractivity contribution in [1.29, 1.82) is 0 Å². The molecule has 0 unspecified atom stereocenters. The number of hydrogen-bond donors (Lipinski definition) is 2. The highest BCUT2D eigenvalue weighted by Crippen LogP contribution is 2.26. The largest absolute Gasteiger partial charge is 0.326 e. The fourth-order valence-corrected chi connectivity index (χ4v) is 3.95. The molecule has 0 saturated carbocycles. The van der Waals surface area contributed by atoms with Gasteiger partial charge in [-0.2, -0.15) is 0 Å². The third-order valence-electron chi connectivity index (χ3n) is 3.66. The number of hydrogen-bond acceptors (Lipinski definition) is 5. The fraction of sp³-hybridized carbons (Fsp3) is 0.150. The van der Waals surface area contributed by atoms with Gasteiger partial charge in [0.15, 0.2) is 5.13 Å². The van der Waals surface area contributed by atoms with Gasteiger partial charge in [0.1, 0.15) is 5.82 Å². The summed E-state index contributed by atoms with van der Waals surface area (Å²) in [4.78, 5) is 28.5. The van der Waals surface area contributed by atoms with Gasteiger partial charge in [-0.3, -0.25) is 9.59 Å². The first-order valence-corrected chi connectivity index (χ1v) is 10.4. The topological polar surface area (TPSA) is 71.1 Å². The van der Waals surface area contributed by atoms with Gasteiger partial charge in [0, 0.05) is 40.6 Å². The predicted molar refractivity (Wildman–Crippen MR) is 112 cm³/mol. The van der Waals surface area contributed by atoms with E-state index in [-0.39, 0.29) is 17.6 Å². The molecule has 0 spiro atoms. The predicted octanol–water partition coefficient (Wildman–Crippen LogP) is 5.03. The number of nitrogens with zero attached hydrogens (tertiary/aromatic N) is 1. The molecule has 3 rings (SSSR count). The minimum atomic E-state index is -0.272. The zero-order chi connectivity index (χ0) is 19.9. The number of anilines is 2. The van der Waals surface area contributed by atoms with E-state index in [1.807, 2.05) is 17.5 Å². The summed E-state index contributed by atoms with van der Waals surface area (Å²) in [5.74, 6) is 0.0901. The Bertz CT molecular complexity index is 956. The van der Waals surface area contributed by atoms with Crippen LogP contribution in [0.4, 0.5) is 15.2 Å². The molecule has 0 bridgehead atoms. The van der Waals surface area contributed by atoms with Gasteiger partial charge in [-0.15, -0.1) is 23.1 Å². The van der Waals surface area contributed by atoms with E-state index >= 15 is 0 Å². The highest BCUT2D eigenvalue weighted by molar-refractivity contribution is 7.99. The van der Waals surface area contributed by atoms with Crippen LogP contribution in [0.3, 0.4) is 0 Å². The Balaban J connectivity index is 1.50. The van der Waals surface area contributed by atoms with E-state index in [9.17, 15) is 14.0 Å². The van der Waals surface area contributed by atoms with Crippen molar-refractivity contribution < 1.29 is 14.0 Å². The average Bonchev–Trinajstić information content (AvgIpc) is 3.12. The number of halogens is 1. The van der Waals surface area contributed by atoms with E-state index in [0.29, 0.717) is 17.3 Å². The second kappa shape index (κ2) is 9.48. The molecule has 144 valence electrons. The van der Waals surface area contributed by atoms with Crippen molar-refractivity contribution in [3.05, 3.63) is 59.7 Å². The van der Waals surface area contributed by atoms with Crippen molar-refractivity contribution >= 4 is 45.7 Å². The summed E-state index contributed by atoms with van der Waals surface area (Å²) >= 11 is 2.86. The normalized spacial score (nSPS) is 10.5. The van der Waals surface area contributed by atoms with Gasteiger partial charge in [-0.05, 0) is 36.4 Å². The number of amides is 2. The Morgan fingerprint density at radius 2 is 1.79 bits per heavy atom. The first-order valence-electron chi connectivity index (χ1n) is 8.51. The first-order chi connectivity index (χ1) is 13.5. The lowest BCUT2D eigenvalue weighted by atomic mass is 10.1. The van der Waals surface area contributed by atoms with Gasteiger partial charge in [-0.1, -0.05) is 12.1 Å². The number of thiazole rings is 1. The van der Waals surface area contributed by atoms with Gasteiger partial charge in [0.2, 0.25) is 11.8 Å². The van der Waals surface area contributed by atoms with Crippen LogP contribution < -0.4 is 10.6 Å². The Labute approximate surface area is 170 Å². The summed E-state index contributed by atoms with van der Waals surface area (Å²) in [6.07, 6.45) is 0.336. The van der Waals surface area contributed by atoms with Crippen molar-refractivity contribution in [2.45, 2.75) is 18.2 Å². The maximum Gasteiger partial charge on any atom is 0.226 e. The summed E-state index contributed by atoms with van der Waals surface area (Å²) in [5.41, 5.74) is 2.38. The molecular formula is C20H18FN3O2S2. The van der Waals surface area contributed by atoms with Crippen LogP contribution in [-0.4, -0.2) is 22.6 Å². The lowest BCUT2D eigenvalue weighted by Gasteiger charge is -2.03. The lowest BCUT2D eigenvalue weighted by molar-refractivity contribution is -0.116. The standard InChI is InChI=1S/C20H18FN3O2S2/c1-13(25)22-16-6-2-14(3-7-16)18-12-28-20(23-18)24-19(26)10-11-27-17-8-4-15(21)5-9-17/h2-9,12H,10-11H2,1H3,(H,22,25)(H,23,24,26). The number of nitrogens with one attached hydrogen (secondary N) is 2. The molecule has 28 heavy (non-hydrogen) atoms. The molecule has 0 atom stereocenters. The van der Waals surface area contributed by atoms with Crippen molar-refractivity contribution in [2.75, 3.05) is 16.4 Å². The van der Waals surface area contributed by atoms with Crippen LogP contribution in [0.5, 0.6) is 0 Å². The smallest absolute Gasteiger partial charge is 0.226 e. The summed E-state index contributed by atoms with van der Waals surface area (Å²) in [6.45, 7) is 1.46. The molecule has 1 aromatic heterocycles. The van der Waals surface area contributed by atoms with Crippen LogP contribution in [0.25, 0.3) is 11.3 Å². The molecule has 2 N–H and O–H groups in total.